The summed E-state index contributed by atoms with van der Waals surface area (Å²) in [6.45, 7) is 19.3. The van der Waals surface area contributed by atoms with Crippen molar-refractivity contribution in [3.63, 3.8) is 0 Å². The molecule has 3 saturated heterocycles. The number of piperazine rings is 1. The second-order valence-electron chi connectivity index (χ2n) is 34.6. The minimum Gasteiger partial charge on any atom is -0.460 e. The maximum absolute atomic E-state index is 14.8. The van der Waals surface area contributed by atoms with Gasteiger partial charge < -0.3 is 83.4 Å². The number of cyclic esters (lactones) is 1. The van der Waals surface area contributed by atoms with E-state index in [2.05, 4.69) is 48.0 Å². The van der Waals surface area contributed by atoms with Crippen molar-refractivity contribution in [3.05, 3.63) is 125 Å². The number of ketones is 3. The highest BCUT2D eigenvalue weighted by Gasteiger charge is 2.53. The summed E-state index contributed by atoms with van der Waals surface area (Å²) in [6, 6.07) is 10.7. The molecule has 12 rings (SSSR count). The second-order valence-corrected chi connectivity index (χ2v) is 34.6. The number of ether oxygens (including phenoxy) is 9. The summed E-state index contributed by atoms with van der Waals surface area (Å²) in [5.74, 6) is -8.10. The average molecular weight is 1750 g/mol. The number of anilines is 3. The Morgan fingerprint density at radius 2 is 1.49 bits per heavy atom. The maximum Gasteiger partial charge on any atom is 0.329 e. The second kappa shape index (κ2) is 45.4. The molecule has 0 spiro atoms. The number of aliphatic hydroxyl groups excluding tert-OH is 1. The van der Waals surface area contributed by atoms with Crippen molar-refractivity contribution >= 4 is 81.0 Å². The number of rotatable bonds is 27. The number of Topliss-reactive ketones (excluding diaryl/α,β-unsaturated/α-hetero) is 3. The molecule has 1 aliphatic carbocycles. The van der Waals surface area contributed by atoms with Gasteiger partial charge in [-0.15, -0.1) is 0 Å². The summed E-state index contributed by atoms with van der Waals surface area (Å²) >= 11 is 0. The molecule has 0 radical (unpaired) electrons. The number of hydroxylamine groups is 2. The number of carbonyl (C=O) groups is 7. The molecule has 9 heterocycles. The molecule has 4 aromatic heterocycles. The molecule has 2 aromatic carbocycles. The van der Waals surface area contributed by atoms with Crippen molar-refractivity contribution in [2.24, 2.45) is 35.5 Å². The molecule has 0 unspecified atom stereocenters. The van der Waals surface area contributed by atoms with Crippen molar-refractivity contribution in [1.82, 2.24) is 49.6 Å². The number of esters is 2. The van der Waals surface area contributed by atoms with E-state index in [9.17, 15) is 43.8 Å². The van der Waals surface area contributed by atoms with Gasteiger partial charge in [-0.25, -0.2) is 29.4 Å². The van der Waals surface area contributed by atoms with Crippen LogP contribution in [0, 0.1) is 35.5 Å². The normalized spacial score (nSPS) is 28.0. The molecule has 6 N–H and O–H groups in total. The van der Waals surface area contributed by atoms with Crippen LogP contribution in [0.2, 0.25) is 0 Å². The largest absolute Gasteiger partial charge is 0.460 e. The van der Waals surface area contributed by atoms with E-state index >= 15 is 0 Å². The third kappa shape index (κ3) is 24.8. The van der Waals surface area contributed by atoms with Crippen LogP contribution in [0.3, 0.4) is 0 Å². The SMILES string of the molecule is CO[C@H]1C[C@@H]2CC[C@@H](C)[C@@](O)(O2)C(=O)C(=O)N2CCCC[C@H]2C(=O)O[C@H]([C@H](C)C[C@@H]2CC[C@@H](OC(=O)CCc3cnc(N4CCN(OCCOCCOCCOCCC(=O)N5CCc6cc(Cn7nc(-c8ccc9oc(N)nc9c8)c8c(N)ncnc87)ccc6C5)CC4)nc3)[C@H](OC)C2)CC(=O)[C@H](C)/C=C(\C)[C@@H](O)[C@@H](OC)C(=O)[C@H](C)C[C@H](C)/C=C/C=C/C=C/1C. The molecule has 6 aliphatic rings. The number of oxazole rings is 1. The van der Waals surface area contributed by atoms with Gasteiger partial charge in [0.2, 0.25) is 17.6 Å². The fourth-order valence-electron chi connectivity index (χ4n) is 18.0. The molecule has 1 saturated carbocycles. The molecule has 33 heteroatoms. The summed E-state index contributed by atoms with van der Waals surface area (Å²) < 4.78 is 60.9. The van der Waals surface area contributed by atoms with Crippen LogP contribution < -0.4 is 16.4 Å². The summed E-state index contributed by atoms with van der Waals surface area (Å²) in [5.41, 5.74) is 20.7. The summed E-state index contributed by atoms with van der Waals surface area (Å²) in [4.78, 5) is 133. The van der Waals surface area contributed by atoms with Crippen LogP contribution in [0.4, 0.5) is 17.8 Å². The number of nitrogens with two attached hydrogens (primary N) is 2. The lowest BCUT2D eigenvalue weighted by molar-refractivity contribution is -0.265. The molecular weight excluding hydrogens is 1620 g/mol. The van der Waals surface area contributed by atoms with E-state index in [4.69, 9.17) is 68.5 Å². The van der Waals surface area contributed by atoms with E-state index in [1.54, 1.807) is 66.5 Å². The number of fused-ring (bicyclic) bond motifs is 6. The van der Waals surface area contributed by atoms with Crippen LogP contribution in [-0.4, -0.2) is 262 Å². The molecular formula is C93H127N13O20. The van der Waals surface area contributed by atoms with Gasteiger partial charge in [0.05, 0.1) is 82.9 Å². The van der Waals surface area contributed by atoms with Gasteiger partial charge in [-0.2, -0.15) is 15.1 Å². The van der Waals surface area contributed by atoms with Gasteiger partial charge in [0, 0.05) is 122 Å². The first-order valence-corrected chi connectivity index (χ1v) is 44.6. The number of allylic oxidation sites excluding steroid dienone is 6. The highest BCUT2D eigenvalue weighted by atomic mass is 16.7. The third-order valence-corrected chi connectivity index (χ3v) is 25.5. The van der Waals surface area contributed by atoms with Crippen LogP contribution in [0.5, 0.6) is 0 Å². The van der Waals surface area contributed by atoms with Gasteiger partial charge in [0.15, 0.2) is 17.0 Å². The van der Waals surface area contributed by atoms with E-state index in [0.29, 0.717) is 201 Å². The van der Waals surface area contributed by atoms with Crippen molar-refractivity contribution in [1.29, 1.82) is 0 Å². The van der Waals surface area contributed by atoms with Crippen molar-refractivity contribution < 1.29 is 95.7 Å². The van der Waals surface area contributed by atoms with Gasteiger partial charge in [-0.1, -0.05) is 89.3 Å². The number of nitrogens with zero attached hydrogens (tertiary/aromatic N) is 11. The van der Waals surface area contributed by atoms with Gasteiger partial charge in [-0.05, 0) is 160 Å². The van der Waals surface area contributed by atoms with Crippen LogP contribution in [0.1, 0.15) is 161 Å². The Bertz CT molecular complexity index is 4830. The van der Waals surface area contributed by atoms with Crippen LogP contribution >= 0.6 is 0 Å². The Hall–Kier alpha value is -9.65. The fraction of sp³-hybridized carbons (Fsp3) is 0.602. The molecule has 2 bridgehead atoms. The lowest BCUT2D eigenvalue weighted by Gasteiger charge is -2.42. The number of hydrogen-bond donors (Lipinski definition) is 4. The van der Waals surface area contributed by atoms with E-state index in [-0.39, 0.29) is 74.0 Å². The van der Waals surface area contributed by atoms with Crippen molar-refractivity contribution in [2.45, 2.75) is 219 Å². The Kier molecular flexibility index (Phi) is 34.4. The van der Waals surface area contributed by atoms with E-state index in [0.717, 1.165) is 34.2 Å². The highest BCUT2D eigenvalue weighted by Crippen LogP contribution is 2.40. The molecule has 684 valence electrons. The number of aliphatic hydroxyl groups is 2. The van der Waals surface area contributed by atoms with Crippen LogP contribution in [-0.2, 0) is 107 Å². The van der Waals surface area contributed by atoms with E-state index in [1.165, 1.54) is 23.9 Å². The number of nitrogen functional groups attached to an aromatic ring is 2. The Balaban J connectivity index is 0.543. The van der Waals surface area contributed by atoms with Gasteiger partial charge >= 0.3 is 11.9 Å². The fourth-order valence-corrected chi connectivity index (χ4v) is 18.0. The van der Waals surface area contributed by atoms with Crippen LogP contribution in [0.25, 0.3) is 33.4 Å². The molecule has 5 aliphatic heterocycles. The monoisotopic (exact) mass is 1750 g/mol. The average Bonchev–Trinajstić information content (AvgIpc) is 1.61. The molecule has 6 aromatic rings. The zero-order chi connectivity index (χ0) is 89.7. The lowest BCUT2D eigenvalue weighted by atomic mass is 9.78. The quantitative estimate of drug-likeness (QED) is 0.0161. The summed E-state index contributed by atoms with van der Waals surface area (Å²) in [6.07, 6.45) is 16.4. The predicted molar refractivity (Wildman–Crippen MR) is 468 cm³/mol. The zero-order valence-electron chi connectivity index (χ0n) is 74.5. The number of benzene rings is 2. The predicted octanol–water partition coefficient (Wildman–Crippen LogP) is 9.39. The van der Waals surface area contributed by atoms with Crippen molar-refractivity contribution in [3.8, 4) is 11.3 Å². The third-order valence-electron chi connectivity index (χ3n) is 25.5. The topological polar surface area (TPSA) is 413 Å². The van der Waals surface area contributed by atoms with Gasteiger partial charge in [-0.3, -0.25) is 33.6 Å². The molecule has 4 fully saturated rings. The number of piperidine rings is 1. The highest BCUT2D eigenvalue weighted by molar-refractivity contribution is 6.39. The zero-order valence-corrected chi connectivity index (χ0v) is 74.5. The number of aromatic nitrogens is 7. The van der Waals surface area contributed by atoms with Crippen LogP contribution in [0.15, 0.2) is 107 Å². The number of carbonyl (C=O) groups excluding carboxylic acids is 7. The first kappa shape index (κ1) is 95.5. The molecule has 2 amide bonds. The number of amides is 2. The minimum absolute atomic E-state index is 0.0180. The molecule has 126 heavy (non-hydrogen) atoms. The van der Waals surface area contributed by atoms with Gasteiger partial charge in [0.1, 0.15) is 59.6 Å². The first-order valence-electron chi connectivity index (χ1n) is 44.6. The number of methoxy groups -OCH3 is 3. The number of aryl methyl sites for hydroxylation is 1. The van der Waals surface area contributed by atoms with E-state index < -0.39 is 102 Å². The Morgan fingerprint density at radius 1 is 0.738 bits per heavy atom. The Labute approximate surface area is 736 Å². The first-order chi connectivity index (χ1) is 60.7. The summed E-state index contributed by atoms with van der Waals surface area (Å²) in [7, 11) is 4.52. The minimum atomic E-state index is -2.48. The molecule has 15 atom stereocenters. The smallest absolute Gasteiger partial charge is 0.329 e. The van der Waals surface area contributed by atoms with Crippen molar-refractivity contribution in [2.75, 3.05) is 123 Å². The van der Waals surface area contributed by atoms with E-state index in [1.807, 2.05) is 77.9 Å². The Morgan fingerprint density at radius 3 is 2.24 bits per heavy atom. The molecule has 33 nitrogen and oxygen atoms in total. The number of hydrogen-bond acceptors (Lipinski definition) is 30. The maximum atomic E-state index is 14.8. The van der Waals surface area contributed by atoms with Gasteiger partial charge in [0.25, 0.3) is 17.7 Å². The lowest BCUT2D eigenvalue weighted by Crippen LogP contribution is -2.61. The standard InChI is InChI=1S/C93H127N13O20/c1-57-16-12-11-13-17-58(2)76(116-8)50-70-25-19-63(7)93(115,126-70)86(112)89(113)105-31-15-14-18-72(105)90(114)124-77(51-73(107)59(3)45-62(6)84(111)85(118-10)83(110)61(5)44-57)60(4)46-64-21-26-75(78(48-64)117-9)123-80(109)28-22-66-52-96-92(97-53-66)102-33-35-104(36-34-102)122-43-42-121-41-40-120-39-38-119-37-30-79(108)103-32-29-67-47-65(20-23-69(67)55-103)54-106-88-81(87(94)98-56-99-88)82(101-106)68-24-27-74-71(49-68)100-91(95)125-74/h11-13,16-17,20,23-24,27,45,47,49,52-53,56-57,59-61,63-64,70,72,75-78,84-85,111,115H,14-15,18-19,21-22,25-26,28-44,46,48,50-51,54-55H2,1-10H3,(H2,95,100)(H2,94,98,99)/b13-11+,16-12+,58-17+,62-45+/t57-,59-,60-,61-,63-,64+,70+,72+,75-,76+,77+,78-,84-,85+,93-/m1/s1. The summed E-state index contributed by atoms with van der Waals surface area (Å²) in [5, 5.41) is 31.3.